The SMILES string of the molecule is Cc1ccc2c(C(N)CO)ncn2c1. The van der Waals surface area contributed by atoms with Gasteiger partial charge in [-0.25, -0.2) is 4.98 Å². The average Bonchev–Trinajstić information content (AvgIpc) is 2.59. The van der Waals surface area contributed by atoms with E-state index in [1.165, 1.54) is 5.56 Å². The van der Waals surface area contributed by atoms with Crippen molar-refractivity contribution in [2.24, 2.45) is 5.73 Å². The number of aryl methyl sites for hydroxylation is 1. The highest BCUT2D eigenvalue weighted by atomic mass is 16.3. The van der Waals surface area contributed by atoms with Gasteiger partial charge in [-0.3, -0.25) is 0 Å². The van der Waals surface area contributed by atoms with Gasteiger partial charge in [0.15, 0.2) is 0 Å². The predicted octanol–water partition coefficient (Wildman–Crippen LogP) is 0.635. The van der Waals surface area contributed by atoms with E-state index in [1.807, 2.05) is 29.7 Å². The van der Waals surface area contributed by atoms with Crippen molar-refractivity contribution in [1.82, 2.24) is 9.38 Å². The molecule has 14 heavy (non-hydrogen) atoms. The highest BCUT2D eigenvalue weighted by Crippen LogP contribution is 2.16. The molecule has 2 aromatic heterocycles. The Morgan fingerprint density at radius 3 is 3.07 bits per heavy atom. The number of pyridine rings is 1. The van der Waals surface area contributed by atoms with E-state index in [4.69, 9.17) is 10.8 Å². The molecule has 2 aromatic rings. The molecule has 0 spiro atoms. The van der Waals surface area contributed by atoms with Crippen LogP contribution in [-0.4, -0.2) is 21.1 Å². The number of nitrogens with zero attached hydrogens (tertiary/aromatic N) is 2. The van der Waals surface area contributed by atoms with Crippen molar-refractivity contribution in [1.29, 1.82) is 0 Å². The molecular weight excluding hydrogens is 178 g/mol. The van der Waals surface area contributed by atoms with E-state index in [9.17, 15) is 0 Å². The number of aromatic nitrogens is 2. The maximum Gasteiger partial charge on any atom is 0.0996 e. The fraction of sp³-hybridized carbons (Fsp3) is 0.300. The highest BCUT2D eigenvalue weighted by molar-refractivity contribution is 5.53. The molecule has 2 heterocycles. The second-order valence-corrected chi connectivity index (χ2v) is 3.42. The molecule has 74 valence electrons. The highest BCUT2D eigenvalue weighted by Gasteiger charge is 2.11. The minimum Gasteiger partial charge on any atom is -0.394 e. The quantitative estimate of drug-likeness (QED) is 0.732. The summed E-state index contributed by atoms with van der Waals surface area (Å²) in [6, 6.07) is 3.57. The molecule has 0 aliphatic carbocycles. The van der Waals surface area contributed by atoms with Crippen LogP contribution in [0.3, 0.4) is 0 Å². The molecule has 3 N–H and O–H groups in total. The van der Waals surface area contributed by atoms with Gasteiger partial charge in [-0.15, -0.1) is 0 Å². The minimum atomic E-state index is -0.400. The van der Waals surface area contributed by atoms with Crippen LogP contribution in [0.1, 0.15) is 17.3 Å². The lowest BCUT2D eigenvalue weighted by Gasteiger charge is -2.05. The van der Waals surface area contributed by atoms with Crippen LogP contribution in [-0.2, 0) is 0 Å². The van der Waals surface area contributed by atoms with Gasteiger partial charge in [-0.2, -0.15) is 0 Å². The summed E-state index contributed by atoms with van der Waals surface area (Å²) in [7, 11) is 0. The van der Waals surface area contributed by atoms with Gasteiger partial charge in [0.05, 0.1) is 30.2 Å². The van der Waals surface area contributed by atoms with Crippen LogP contribution >= 0.6 is 0 Å². The Hall–Kier alpha value is -1.39. The van der Waals surface area contributed by atoms with Gasteiger partial charge < -0.3 is 15.2 Å². The molecule has 0 radical (unpaired) electrons. The van der Waals surface area contributed by atoms with Crippen molar-refractivity contribution in [3.05, 3.63) is 35.9 Å². The molecule has 0 aliphatic rings. The topological polar surface area (TPSA) is 63.5 Å². The summed E-state index contributed by atoms with van der Waals surface area (Å²) in [5.41, 5.74) is 8.58. The molecule has 4 nitrogen and oxygen atoms in total. The molecule has 2 rings (SSSR count). The zero-order valence-corrected chi connectivity index (χ0v) is 8.01. The third kappa shape index (κ3) is 1.38. The second kappa shape index (κ2) is 3.40. The maximum atomic E-state index is 8.95. The van der Waals surface area contributed by atoms with Crippen LogP contribution in [0, 0.1) is 6.92 Å². The number of rotatable bonds is 2. The first kappa shape index (κ1) is 9.18. The summed E-state index contributed by atoms with van der Waals surface area (Å²) in [5, 5.41) is 8.95. The van der Waals surface area contributed by atoms with Crippen molar-refractivity contribution in [3.8, 4) is 0 Å². The van der Waals surface area contributed by atoms with Crippen molar-refractivity contribution >= 4 is 5.52 Å². The van der Waals surface area contributed by atoms with E-state index in [2.05, 4.69) is 4.98 Å². The van der Waals surface area contributed by atoms with E-state index in [-0.39, 0.29) is 6.61 Å². The molecular formula is C10H13N3O. The van der Waals surface area contributed by atoms with Crippen molar-refractivity contribution < 1.29 is 5.11 Å². The zero-order chi connectivity index (χ0) is 10.1. The fourth-order valence-electron chi connectivity index (χ4n) is 1.50. The molecule has 4 heteroatoms. The van der Waals surface area contributed by atoms with E-state index in [0.717, 1.165) is 11.2 Å². The Morgan fingerprint density at radius 1 is 1.57 bits per heavy atom. The van der Waals surface area contributed by atoms with Gasteiger partial charge >= 0.3 is 0 Å². The number of fused-ring (bicyclic) bond motifs is 1. The second-order valence-electron chi connectivity index (χ2n) is 3.42. The molecule has 0 fully saturated rings. The molecule has 0 aliphatic heterocycles. The number of hydrogen-bond donors (Lipinski definition) is 2. The van der Waals surface area contributed by atoms with E-state index in [1.54, 1.807) is 6.33 Å². The molecule has 1 atom stereocenters. The minimum absolute atomic E-state index is 0.0828. The summed E-state index contributed by atoms with van der Waals surface area (Å²) in [6.45, 7) is 1.94. The number of aliphatic hydroxyl groups excluding tert-OH is 1. The first-order chi connectivity index (χ1) is 6.72. The van der Waals surface area contributed by atoms with Crippen LogP contribution in [0.15, 0.2) is 24.7 Å². The summed E-state index contributed by atoms with van der Waals surface area (Å²) in [6.07, 6.45) is 3.70. The number of hydrogen-bond acceptors (Lipinski definition) is 3. The summed E-state index contributed by atoms with van der Waals surface area (Å²) < 4.78 is 1.92. The molecule has 0 saturated carbocycles. The van der Waals surface area contributed by atoms with Crippen LogP contribution in [0.4, 0.5) is 0 Å². The largest absolute Gasteiger partial charge is 0.394 e. The van der Waals surface area contributed by atoms with Crippen molar-refractivity contribution in [3.63, 3.8) is 0 Å². The van der Waals surface area contributed by atoms with E-state index < -0.39 is 6.04 Å². The fourth-order valence-corrected chi connectivity index (χ4v) is 1.50. The van der Waals surface area contributed by atoms with Gasteiger partial charge in [0.1, 0.15) is 0 Å². The third-order valence-electron chi connectivity index (χ3n) is 2.26. The lowest BCUT2D eigenvalue weighted by atomic mass is 10.2. The Morgan fingerprint density at radius 2 is 2.36 bits per heavy atom. The van der Waals surface area contributed by atoms with Gasteiger partial charge in [0, 0.05) is 6.20 Å². The Balaban J connectivity index is 2.58. The number of aliphatic hydroxyl groups is 1. The lowest BCUT2D eigenvalue weighted by molar-refractivity contribution is 0.267. The average molecular weight is 191 g/mol. The summed E-state index contributed by atoms with van der Waals surface area (Å²) in [5.74, 6) is 0. The zero-order valence-electron chi connectivity index (χ0n) is 8.01. The van der Waals surface area contributed by atoms with Gasteiger partial charge in [0.25, 0.3) is 0 Å². The van der Waals surface area contributed by atoms with Gasteiger partial charge in [-0.05, 0) is 18.6 Å². The monoisotopic (exact) mass is 191 g/mol. The van der Waals surface area contributed by atoms with Crippen molar-refractivity contribution in [2.45, 2.75) is 13.0 Å². The molecule has 0 saturated heterocycles. The van der Waals surface area contributed by atoms with Crippen molar-refractivity contribution in [2.75, 3.05) is 6.61 Å². The van der Waals surface area contributed by atoms with Gasteiger partial charge in [-0.1, -0.05) is 6.07 Å². The summed E-state index contributed by atoms with van der Waals surface area (Å²) >= 11 is 0. The Bertz CT molecular complexity index is 450. The van der Waals surface area contributed by atoms with Gasteiger partial charge in [0.2, 0.25) is 0 Å². The maximum absolute atomic E-state index is 8.95. The molecule has 0 bridgehead atoms. The lowest BCUT2D eigenvalue weighted by Crippen LogP contribution is -2.15. The molecule has 0 aromatic carbocycles. The first-order valence-corrected chi connectivity index (χ1v) is 4.52. The van der Waals surface area contributed by atoms with E-state index in [0.29, 0.717) is 0 Å². The molecule has 1 unspecified atom stereocenters. The van der Waals surface area contributed by atoms with Crippen LogP contribution in [0.25, 0.3) is 5.52 Å². The number of nitrogens with two attached hydrogens (primary N) is 1. The number of imidazole rings is 1. The molecule has 0 amide bonds. The summed E-state index contributed by atoms with van der Waals surface area (Å²) in [4.78, 5) is 4.19. The first-order valence-electron chi connectivity index (χ1n) is 4.52. The smallest absolute Gasteiger partial charge is 0.0996 e. The third-order valence-corrected chi connectivity index (χ3v) is 2.26. The Kier molecular flexibility index (Phi) is 2.23. The van der Waals surface area contributed by atoms with Crippen LogP contribution in [0.5, 0.6) is 0 Å². The van der Waals surface area contributed by atoms with Crippen LogP contribution in [0.2, 0.25) is 0 Å². The van der Waals surface area contributed by atoms with E-state index >= 15 is 0 Å². The predicted molar refractivity (Wildman–Crippen MR) is 53.9 cm³/mol. The Labute approximate surface area is 82.0 Å². The van der Waals surface area contributed by atoms with Crippen LogP contribution < -0.4 is 5.73 Å². The normalized spacial score (nSPS) is 13.4. The standard InChI is InChI=1S/C10H13N3O/c1-7-2-3-9-10(8(11)5-14)12-6-13(9)4-7/h2-4,6,8,14H,5,11H2,1H3.